The highest BCUT2D eigenvalue weighted by Gasteiger charge is 2.59. The first-order valence-corrected chi connectivity index (χ1v) is 20.0. The molecule has 0 aliphatic carbocycles. The molecule has 0 radical (unpaired) electrons. The van der Waals surface area contributed by atoms with Crippen LogP contribution in [-0.2, 0) is 44.5 Å². The summed E-state index contributed by atoms with van der Waals surface area (Å²) in [5.41, 5.74) is 14.1. The Kier molecular flexibility index (Phi) is 15.9. The van der Waals surface area contributed by atoms with Gasteiger partial charge in [-0.2, -0.15) is 20.7 Å². The van der Waals surface area contributed by atoms with Gasteiger partial charge in [-0.25, -0.2) is 19.0 Å². The van der Waals surface area contributed by atoms with Crippen molar-refractivity contribution in [3.05, 3.63) is 48.3 Å². The number of aliphatic hydroxyl groups is 5. The number of carboxylic acid groups (broad SMARTS) is 1. The quantitative estimate of drug-likeness (QED) is 0.0806. The lowest BCUT2D eigenvalue weighted by molar-refractivity contribution is -0.160. The molecule has 6 heterocycles. The van der Waals surface area contributed by atoms with Crippen LogP contribution in [0.1, 0.15) is 66.3 Å². The van der Waals surface area contributed by atoms with Crippen LogP contribution in [0.25, 0.3) is 11.0 Å². The molecule has 2 fully saturated rings. The number of nitriles is 2. The Bertz CT molecular complexity index is 2370. The third-order valence-corrected chi connectivity index (χ3v) is 10.5. The van der Waals surface area contributed by atoms with E-state index in [0.29, 0.717) is 11.0 Å². The smallest absolute Gasteiger partial charge is 0.323 e. The van der Waals surface area contributed by atoms with Crippen LogP contribution in [0.4, 0.5) is 11.6 Å². The molecular weight excluding hydrogens is 843 g/mol. The Labute approximate surface area is 366 Å². The lowest BCUT2D eigenvalue weighted by Crippen LogP contribution is -2.41. The number of hydrogen-bond acceptors (Lipinski definition) is 21. The maximum absolute atomic E-state index is 12.0. The van der Waals surface area contributed by atoms with Crippen LogP contribution in [-0.4, -0.2) is 139 Å². The molecule has 2 aliphatic rings. The SMILES string of the molecule is CC(C)[C@H](CC(=O)OC(C)(C)C)C(=O)O.CC(C)[C@H](N)C(=O)OC[C@H]1O[C@@](C#N)(c2ccc3c(N)ncnn23)[C@H](O)[C@@H]1O.N#C[C@@]1(c2ccc3c(N)ncnn23)O[C@H](CO)[C@@H](O)[C@H]1O. The highest BCUT2D eigenvalue weighted by molar-refractivity contribution is 5.79. The summed E-state index contributed by atoms with van der Waals surface area (Å²) < 4.78 is 23.9. The maximum atomic E-state index is 12.0. The first-order valence-electron chi connectivity index (χ1n) is 20.0. The highest BCUT2D eigenvalue weighted by Crippen LogP contribution is 2.41. The second-order valence-electron chi connectivity index (χ2n) is 16.8. The van der Waals surface area contributed by atoms with Gasteiger partial charge in [-0.1, -0.05) is 27.7 Å². The summed E-state index contributed by atoms with van der Waals surface area (Å²) in [7, 11) is 0. The van der Waals surface area contributed by atoms with Gasteiger partial charge in [0.15, 0.2) is 11.6 Å². The Morgan fingerprint density at radius 2 is 1.28 bits per heavy atom. The molecule has 4 aromatic heterocycles. The maximum Gasteiger partial charge on any atom is 0.323 e. The number of nitrogen functional groups attached to an aromatic ring is 2. The normalized spacial score (nSPS) is 26.3. The van der Waals surface area contributed by atoms with Gasteiger partial charge in [0.25, 0.3) is 0 Å². The fourth-order valence-corrected chi connectivity index (χ4v) is 6.82. The molecule has 0 amide bonds. The average Bonchev–Trinajstić information content (AvgIpc) is 3.99. The second kappa shape index (κ2) is 20.2. The topological polar surface area (TPSA) is 396 Å². The van der Waals surface area contributed by atoms with Gasteiger partial charge in [-0.05, 0) is 56.9 Å². The van der Waals surface area contributed by atoms with Crippen LogP contribution in [0, 0.1) is 40.4 Å². The number of rotatable bonds is 11. The number of aliphatic carboxylic acids is 1. The molecule has 0 saturated carbocycles. The van der Waals surface area contributed by atoms with Gasteiger partial charge in [0.05, 0.1) is 30.3 Å². The van der Waals surface area contributed by atoms with Crippen LogP contribution in [0.15, 0.2) is 36.9 Å². The molecule has 24 heteroatoms. The lowest BCUT2D eigenvalue weighted by Gasteiger charge is -2.24. The Hall–Kier alpha value is -6.09. The summed E-state index contributed by atoms with van der Waals surface area (Å²) in [4.78, 5) is 41.9. The molecule has 6 rings (SSSR count). The third-order valence-electron chi connectivity index (χ3n) is 10.5. The van der Waals surface area contributed by atoms with Crippen molar-refractivity contribution < 1.29 is 64.0 Å². The van der Waals surface area contributed by atoms with E-state index in [9.17, 15) is 50.4 Å². The second-order valence-corrected chi connectivity index (χ2v) is 16.8. The van der Waals surface area contributed by atoms with Crippen LogP contribution < -0.4 is 17.2 Å². The number of carboxylic acids is 1. The first kappa shape index (κ1) is 50.6. The van der Waals surface area contributed by atoms with E-state index in [1.165, 1.54) is 33.8 Å². The van der Waals surface area contributed by atoms with Gasteiger partial charge in [0.1, 0.15) is 90.7 Å². The fourth-order valence-electron chi connectivity index (χ4n) is 6.82. The number of carbonyl (C=O) groups excluding carboxylic acids is 2. The Morgan fingerprint density at radius 3 is 1.66 bits per heavy atom. The van der Waals surface area contributed by atoms with Crippen molar-refractivity contribution in [2.24, 2.45) is 23.5 Å². The van der Waals surface area contributed by atoms with Gasteiger partial charge in [0.2, 0.25) is 11.2 Å². The molecule has 2 aliphatic heterocycles. The number of fused-ring (bicyclic) bond motifs is 2. The van der Waals surface area contributed by atoms with Crippen molar-refractivity contribution in [1.29, 1.82) is 10.5 Å². The molecule has 4 aromatic rings. The minimum Gasteiger partial charge on any atom is -0.481 e. The summed E-state index contributed by atoms with van der Waals surface area (Å²) in [6.45, 7) is 11.5. The van der Waals surface area contributed by atoms with Crippen molar-refractivity contribution in [1.82, 2.24) is 29.2 Å². The number of aliphatic hydroxyl groups excluding tert-OH is 5. The molecule has 0 bridgehead atoms. The number of esters is 2. The molecular formula is C40H55N11O13. The molecule has 2 saturated heterocycles. The Balaban J connectivity index is 0.000000222. The van der Waals surface area contributed by atoms with Crippen LogP contribution in [0.2, 0.25) is 0 Å². The zero-order valence-electron chi connectivity index (χ0n) is 36.2. The van der Waals surface area contributed by atoms with E-state index < -0.39 is 89.9 Å². The molecule has 0 aromatic carbocycles. The molecule has 10 atom stereocenters. The molecule has 0 spiro atoms. The third kappa shape index (κ3) is 10.3. The standard InChI is InChI=1S/C17H22N6O5.C12H13N5O4.C11H20O4/c1-8(2)12(19)16(26)27-5-10-13(24)14(25)17(6-18,28-10)11-4-3-9-15(20)21-7-22-23(9)11;13-4-12(10(20)9(19)7(3-18)21-12)8-2-1-6-11(14)15-5-16-17(6)8;1-7(2)8(10(13)14)6-9(12)15-11(3,4)5/h3-4,7-8,10,12-14,24-25H,5,19H2,1-2H3,(H2,20,21,22);1-2,5,7,9-10,18-20H,3H2,(H2,14,15,16);7-8H,6H2,1-5H3,(H,13,14)/t10-,12+,13-,14-,17+;7-,9-,10-,12+;8-/m110/s1. The van der Waals surface area contributed by atoms with E-state index >= 15 is 0 Å². The molecule has 348 valence electrons. The van der Waals surface area contributed by atoms with E-state index in [1.54, 1.807) is 60.6 Å². The monoisotopic (exact) mass is 897 g/mol. The molecule has 12 N–H and O–H groups in total. The molecule has 0 unspecified atom stereocenters. The van der Waals surface area contributed by atoms with E-state index in [4.69, 9.17) is 41.3 Å². The summed E-state index contributed by atoms with van der Waals surface area (Å²) in [6, 6.07) is 9.11. The van der Waals surface area contributed by atoms with E-state index in [1.807, 2.05) is 12.1 Å². The minimum absolute atomic E-state index is 0.0652. The van der Waals surface area contributed by atoms with Crippen molar-refractivity contribution in [3.8, 4) is 12.1 Å². The predicted octanol–water partition coefficient (Wildman–Crippen LogP) is -1.10. The summed E-state index contributed by atoms with van der Waals surface area (Å²) in [5, 5.41) is 86.5. The predicted molar refractivity (Wildman–Crippen MR) is 220 cm³/mol. The lowest BCUT2D eigenvalue weighted by atomic mass is 9.92. The van der Waals surface area contributed by atoms with Crippen molar-refractivity contribution in [2.45, 2.75) is 114 Å². The van der Waals surface area contributed by atoms with E-state index in [-0.39, 0.29) is 47.9 Å². The number of carbonyl (C=O) groups is 3. The number of anilines is 2. The summed E-state index contributed by atoms with van der Waals surface area (Å²) >= 11 is 0. The number of nitrogens with zero attached hydrogens (tertiary/aromatic N) is 8. The number of hydrogen-bond donors (Lipinski definition) is 9. The van der Waals surface area contributed by atoms with Crippen LogP contribution in [0.3, 0.4) is 0 Å². The summed E-state index contributed by atoms with van der Waals surface area (Å²) in [5.74, 6) is -2.56. The van der Waals surface area contributed by atoms with Crippen LogP contribution in [0.5, 0.6) is 0 Å². The molecule has 24 nitrogen and oxygen atoms in total. The summed E-state index contributed by atoms with van der Waals surface area (Å²) in [6.07, 6.45) is -5.88. The minimum atomic E-state index is -1.94. The van der Waals surface area contributed by atoms with Crippen LogP contribution >= 0.6 is 0 Å². The van der Waals surface area contributed by atoms with Crippen molar-refractivity contribution in [2.75, 3.05) is 24.7 Å². The fraction of sp³-hybridized carbons (Fsp3) is 0.575. The average molecular weight is 898 g/mol. The Morgan fingerprint density at radius 1 is 0.828 bits per heavy atom. The van der Waals surface area contributed by atoms with Gasteiger partial charge in [-0.15, -0.1) is 0 Å². The zero-order chi connectivity index (χ0) is 48.1. The van der Waals surface area contributed by atoms with E-state index in [0.717, 1.165) is 0 Å². The van der Waals surface area contributed by atoms with Crippen molar-refractivity contribution >= 4 is 40.6 Å². The van der Waals surface area contributed by atoms with Gasteiger partial charge >= 0.3 is 17.9 Å². The van der Waals surface area contributed by atoms with E-state index in [2.05, 4.69) is 20.2 Å². The number of ether oxygens (including phenoxy) is 4. The highest BCUT2D eigenvalue weighted by atomic mass is 16.6. The van der Waals surface area contributed by atoms with Crippen molar-refractivity contribution in [3.63, 3.8) is 0 Å². The van der Waals surface area contributed by atoms with Gasteiger partial charge < -0.3 is 66.8 Å². The van der Waals surface area contributed by atoms with Gasteiger partial charge in [-0.3, -0.25) is 14.4 Å². The number of aromatic nitrogens is 6. The zero-order valence-corrected chi connectivity index (χ0v) is 36.2. The largest absolute Gasteiger partial charge is 0.481 e. The first-order chi connectivity index (χ1) is 29.9. The van der Waals surface area contributed by atoms with Gasteiger partial charge in [0, 0.05) is 0 Å². The number of nitrogens with two attached hydrogens (primary N) is 3. The molecule has 64 heavy (non-hydrogen) atoms.